The van der Waals surface area contributed by atoms with E-state index >= 15 is 0 Å². The van der Waals surface area contributed by atoms with Crippen LogP contribution in [-0.2, 0) is 5.41 Å². The van der Waals surface area contributed by atoms with E-state index in [4.69, 9.17) is 11.5 Å². The van der Waals surface area contributed by atoms with Crippen molar-refractivity contribution in [2.45, 2.75) is 5.41 Å². The van der Waals surface area contributed by atoms with E-state index in [-0.39, 0.29) is 0 Å². The van der Waals surface area contributed by atoms with Crippen molar-refractivity contribution in [1.82, 2.24) is 0 Å². The standard InChI is InChI=1S/C25H20N2/c26-18-15-13-17(14-16-18)25(23-11-5-6-12-24(23)27)21-9-3-1-7-19(21)20-8-2-4-10-22(20)25/h1-16H,26-27H2. The van der Waals surface area contributed by atoms with Gasteiger partial charge in [0.1, 0.15) is 0 Å². The van der Waals surface area contributed by atoms with Gasteiger partial charge in [0, 0.05) is 11.4 Å². The molecule has 4 aromatic rings. The molecular weight excluding hydrogens is 328 g/mol. The van der Waals surface area contributed by atoms with Gasteiger partial charge < -0.3 is 11.5 Å². The Kier molecular flexibility index (Phi) is 3.34. The highest BCUT2D eigenvalue weighted by Crippen LogP contribution is 2.56. The van der Waals surface area contributed by atoms with Crippen molar-refractivity contribution in [1.29, 1.82) is 0 Å². The summed E-state index contributed by atoms with van der Waals surface area (Å²) in [6.07, 6.45) is 0. The maximum atomic E-state index is 6.54. The zero-order valence-corrected chi connectivity index (χ0v) is 14.9. The van der Waals surface area contributed by atoms with E-state index in [1.807, 2.05) is 24.3 Å². The summed E-state index contributed by atoms with van der Waals surface area (Å²) in [5.41, 5.74) is 21.0. The molecule has 0 radical (unpaired) electrons. The van der Waals surface area contributed by atoms with E-state index in [2.05, 4.69) is 72.8 Å². The minimum Gasteiger partial charge on any atom is -0.399 e. The van der Waals surface area contributed by atoms with Crippen molar-refractivity contribution < 1.29 is 0 Å². The molecule has 0 amide bonds. The number of fused-ring (bicyclic) bond motifs is 3. The Labute approximate surface area is 159 Å². The largest absolute Gasteiger partial charge is 0.399 e. The molecule has 0 atom stereocenters. The predicted octanol–water partition coefficient (Wildman–Crippen LogP) is 5.21. The molecule has 4 N–H and O–H groups in total. The van der Waals surface area contributed by atoms with Gasteiger partial charge in [0.25, 0.3) is 0 Å². The van der Waals surface area contributed by atoms with Gasteiger partial charge in [-0.2, -0.15) is 0 Å². The van der Waals surface area contributed by atoms with E-state index in [9.17, 15) is 0 Å². The maximum Gasteiger partial charge on any atom is 0.0733 e. The van der Waals surface area contributed by atoms with Gasteiger partial charge in [-0.05, 0) is 51.6 Å². The van der Waals surface area contributed by atoms with Gasteiger partial charge in [-0.15, -0.1) is 0 Å². The monoisotopic (exact) mass is 348 g/mol. The van der Waals surface area contributed by atoms with Crippen LogP contribution in [0.5, 0.6) is 0 Å². The molecule has 0 saturated heterocycles. The number of nitrogens with two attached hydrogens (primary N) is 2. The zero-order valence-electron chi connectivity index (χ0n) is 14.9. The van der Waals surface area contributed by atoms with Gasteiger partial charge >= 0.3 is 0 Å². The van der Waals surface area contributed by atoms with Gasteiger partial charge in [-0.25, -0.2) is 0 Å². The lowest BCUT2D eigenvalue weighted by atomic mass is 9.67. The molecule has 0 aromatic heterocycles. The van der Waals surface area contributed by atoms with E-state index in [0.29, 0.717) is 0 Å². The molecule has 130 valence electrons. The molecule has 0 fully saturated rings. The molecule has 0 bridgehead atoms. The molecule has 1 aliphatic rings. The smallest absolute Gasteiger partial charge is 0.0733 e. The highest BCUT2D eigenvalue weighted by molar-refractivity contribution is 5.87. The van der Waals surface area contributed by atoms with Gasteiger partial charge in [0.2, 0.25) is 0 Å². The first-order valence-electron chi connectivity index (χ1n) is 9.13. The van der Waals surface area contributed by atoms with Crippen LogP contribution in [0.2, 0.25) is 0 Å². The van der Waals surface area contributed by atoms with Crippen LogP contribution < -0.4 is 11.5 Å². The molecule has 5 rings (SSSR count). The van der Waals surface area contributed by atoms with Crippen molar-refractivity contribution >= 4 is 11.4 Å². The number of hydrogen-bond donors (Lipinski definition) is 2. The second-order valence-electron chi connectivity index (χ2n) is 7.05. The Balaban J connectivity index is 1.98. The van der Waals surface area contributed by atoms with Crippen molar-refractivity contribution in [2.24, 2.45) is 0 Å². The minimum atomic E-state index is -0.452. The number of benzene rings is 4. The lowest BCUT2D eigenvalue weighted by Crippen LogP contribution is -2.29. The van der Waals surface area contributed by atoms with Crippen LogP contribution in [0, 0.1) is 0 Å². The Morgan fingerprint density at radius 1 is 0.481 bits per heavy atom. The van der Waals surface area contributed by atoms with Crippen LogP contribution in [0.1, 0.15) is 22.3 Å². The Hall–Kier alpha value is -3.52. The zero-order chi connectivity index (χ0) is 18.4. The summed E-state index contributed by atoms with van der Waals surface area (Å²) in [6, 6.07) is 33.6. The summed E-state index contributed by atoms with van der Waals surface area (Å²) in [5.74, 6) is 0. The highest BCUT2D eigenvalue weighted by atomic mass is 14.6. The van der Waals surface area contributed by atoms with E-state index in [1.165, 1.54) is 27.8 Å². The Morgan fingerprint density at radius 3 is 1.52 bits per heavy atom. The molecule has 0 aliphatic heterocycles. The SMILES string of the molecule is Nc1ccc(C2(c3ccccc3N)c3ccccc3-c3ccccc32)cc1. The molecule has 27 heavy (non-hydrogen) atoms. The summed E-state index contributed by atoms with van der Waals surface area (Å²) >= 11 is 0. The number of para-hydroxylation sites is 1. The summed E-state index contributed by atoms with van der Waals surface area (Å²) < 4.78 is 0. The normalized spacial score (nSPS) is 13.8. The van der Waals surface area contributed by atoms with Crippen LogP contribution in [0.15, 0.2) is 97.1 Å². The first kappa shape index (κ1) is 15.7. The van der Waals surface area contributed by atoms with Gasteiger partial charge in [0.05, 0.1) is 5.41 Å². The first-order chi connectivity index (χ1) is 13.2. The molecule has 0 unspecified atom stereocenters. The molecule has 1 aliphatic carbocycles. The molecule has 0 spiro atoms. The number of hydrogen-bond acceptors (Lipinski definition) is 2. The Morgan fingerprint density at radius 2 is 0.963 bits per heavy atom. The summed E-state index contributed by atoms with van der Waals surface area (Å²) in [7, 11) is 0. The number of rotatable bonds is 2. The van der Waals surface area contributed by atoms with Gasteiger partial charge in [-0.3, -0.25) is 0 Å². The van der Waals surface area contributed by atoms with Crippen molar-refractivity contribution in [3.8, 4) is 11.1 Å². The molecule has 0 heterocycles. The molecular formula is C25H20N2. The van der Waals surface area contributed by atoms with Crippen LogP contribution in [0.25, 0.3) is 11.1 Å². The van der Waals surface area contributed by atoms with Crippen molar-refractivity contribution in [3.63, 3.8) is 0 Å². The molecule has 4 aromatic carbocycles. The minimum absolute atomic E-state index is 0.452. The average Bonchev–Trinajstić information content (AvgIpc) is 3.01. The lowest BCUT2D eigenvalue weighted by molar-refractivity contribution is 0.771. The molecule has 0 saturated carbocycles. The molecule has 2 heteroatoms. The van der Waals surface area contributed by atoms with Crippen molar-refractivity contribution in [3.05, 3.63) is 119 Å². The van der Waals surface area contributed by atoms with Crippen LogP contribution >= 0.6 is 0 Å². The van der Waals surface area contributed by atoms with Gasteiger partial charge in [-0.1, -0.05) is 78.9 Å². The van der Waals surface area contributed by atoms with Crippen LogP contribution in [0.3, 0.4) is 0 Å². The number of nitrogen functional groups attached to an aromatic ring is 2. The fraction of sp³-hybridized carbons (Fsp3) is 0.0400. The summed E-state index contributed by atoms with van der Waals surface area (Å²) in [4.78, 5) is 0. The maximum absolute atomic E-state index is 6.54. The third-order valence-electron chi connectivity index (χ3n) is 5.66. The quantitative estimate of drug-likeness (QED) is 0.430. The highest BCUT2D eigenvalue weighted by Gasteiger charge is 2.46. The second-order valence-corrected chi connectivity index (χ2v) is 7.05. The van der Waals surface area contributed by atoms with Crippen molar-refractivity contribution in [2.75, 3.05) is 11.5 Å². The summed E-state index contributed by atoms with van der Waals surface area (Å²) in [5, 5.41) is 0. The second kappa shape index (κ2) is 5.75. The van der Waals surface area contributed by atoms with E-state index in [0.717, 1.165) is 16.9 Å². The topological polar surface area (TPSA) is 52.0 Å². The predicted molar refractivity (Wildman–Crippen MR) is 113 cm³/mol. The number of anilines is 2. The Bertz CT molecular complexity index is 1100. The fourth-order valence-corrected chi connectivity index (χ4v) is 4.56. The van der Waals surface area contributed by atoms with Gasteiger partial charge in [0.15, 0.2) is 0 Å². The fourth-order valence-electron chi connectivity index (χ4n) is 4.56. The van der Waals surface area contributed by atoms with Crippen LogP contribution in [-0.4, -0.2) is 0 Å². The lowest BCUT2D eigenvalue weighted by Gasteiger charge is -2.34. The van der Waals surface area contributed by atoms with E-state index < -0.39 is 5.41 Å². The van der Waals surface area contributed by atoms with E-state index in [1.54, 1.807) is 0 Å². The molecule has 2 nitrogen and oxygen atoms in total. The third kappa shape index (κ3) is 2.07. The third-order valence-corrected chi connectivity index (χ3v) is 5.66. The van der Waals surface area contributed by atoms with Crippen LogP contribution in [0.4, 0.5) is 11.4 Å². The first-order valence-corrected chi connectivity index (χ1v) is 9.13. The average molecular weight is 348 g/mol. The summed E-state index contributed by atoms with van der Waals surface area (Å²) in [6.45, 7) is 0.